The Bertz CT molecular complexity index is 894. The fraction of sp³-hybridized carbons (Fsp3) is 0. The quantitative estimate of drug-likeness (QED) is 0.577. The number of nitro groups is 1. The van der Waals surface area contributed by atoms with Crippen molar-refractivity contribution in [3.8, 4) is 0 Å². The van der Waals surface area contributed by atoms with Gasteiger partial charge in [0.05, 0.1) is 31.4 Å². The Balaban J connectivity index is 1.96. The number of carbonyl (C=O) groups is 1. The van der Waals surface area contributed by atoms with Crippen molar-refractivity contribution in [1.82, 2.24) is 4.98 Å². The summed E-state index contributed by atoms with van der Waals surface area (Å²) < 4.78 is 0.933. The van der Waals surface area contributed by atoms with E-state index in [1.165, 1.54) is 23.5 Å². The number of hydrogen-bond donors (Lipinski definition) is 1. The Labute approximate surface area is 133 Å². The lowest BCUT2D eigenvalue weighted by molar-refractivity contribution is -0.384. The van der Waals surface area contributed by atoms with Gasteiger partial charge >= 0.3 is 0 Å². The molecule has 0 bridgehead atoms. The molecule has 0 unspecified atom stereocenters. The second-order valence-corrected chi connectivity index (χ2v) is 5.67. The zero-order valence-corrected chi connectivity index (χ0v) is 12.5. The summed E-state index contributed by atoms with van der Waals surface area (Å²) in [4.78, 5) is 26.8. The number of nitrogens with one attached hydrogen (secondary N) is 1. The molecule has 6 nitrogen and oxygen atoms in total. The molecule has 2 aromatic carbocycles. The molecule has 110 valence electrons. The summed E-state index contributed by atoms with van der Waals surface area (Å²) in [7, 11) is 0. The van der Waals surface area contributed by atoms with E-state index in [4.69, 9.17) is 11.6 Å². The third kappa shape index (κ3) is 2.63. The minimum atomic E-state index is -0.575. The first-order valence-corrected chi connectivity index (χ1v) is 7.39. The van der Waals surface area contributed by atoms with E-state index in [0.29, 0.717) is 11.2 Å². The minimum Gasteiger partial charge on any atom is -0.320 e. The Morgan fingerprint density at radius 2 is 2.14 bits per heavy atom. The first-order valence-electron chi connectivity index (χ1n) is 6.14. The largest absolute Gasteiger partial charge is 0.320 e. The van der Waals surface area contributed by atoms with Crippen molar-refractivity contribution in [1.29, 1.82) is 0 Å². The van der Waals surface area contributed by atoms with E-state index in [2.05, 4.69) is 10.3 Å². The monoisotopic (exact) mass is 333 g/mol. The molecule has 0 atom stereocenters. The van der Waals surface area contributed by atoms with Gasteiger partial charge in [0.1, 0.15) is 5.52 Å². The summed E-state index contributed by atoms with van der Waals surface area (Å²) in [5.41, 5.74) is 2.74. The van der Waals surface area contributed by atoms with Gasteiger partial charge in [0.2, 0.25) is 0 Å². The number of halogens is 1. The number of aromatic nitrogens is 1. The molecule has 3 aromatic rings. The number of benzene rings is 2. The highest BCUT2D eigenvalue weighted by Gasteiger charge is 2.17. The van der Waals surface area contributed by atoms with Crippen LogP contribution in [0, 0.1) is 10.1 Å². The molecule has 0 aliphatic rings. The number of fused-ring (bicyclic) bond motifs is 1. The van der Waals surface area contributed by atoms with Crippen molar-refractivity contribution < 1.29 is 9.72 Å². The molecule has 1 N–H and O–H groups in total. The number of thiazole rings is 1. The van der Waals surface area contributed by atoms with E-state index in [9.17, 15) is 14.9 Å². The van der Waals surface area contributed by atoms with Crippen LogP contribution in [0.3, 0.4) is 0 Å². The number of nitrogens with zero attached hydrogens (tertiary/aromatic N) is 2. The van der Waals surface area contributed by atoms with Crippen LogP contribution in [0.15, 0.2) is 41.9 Å². The van der Waals surface area contributed by atoms with Crippen molar-refractivity contribution in [3.63, 3.8) is 0 Å². The second-order valence-electron chi connectivity index (χ2n) is 4.38. The Morgan fingerprint density at radius 1 is 1.32 bits per heavy atom. The molecule has 1 heterocycles. The van der Waals surface area contributed by atoms with E-state index >= 15 is 0 Å². The van der Waals surface area contributed by atoms with Gasteiger partial charge in [0.25, 0.3) is 11.6 Å². The van der Waals surface area contributed by atoms with Gasteiger partial charge in [0.15, 0.2) is 0 Å². The lowest BCUT2D eigenvalue weighted by Crippen LogP contribution is -2.13. The van der Waals surface area contributed by atoms with Gasteiger partial charge in [0, 0.05) is 12.1 Å². The van der Waals surface area contributed by atoms with Gasteiger partial charge in [-0.05, 0) is 18.2 Å². The highest BCUT2D eigenvalue weighted by Crippen LogP contribution is 2.27. The average molecular weight is 334 g/mol. The van der Waals surface area contributed by atoms with Gasteiger partial charge in [-0.3, -0.25) is 14.9 Å². The number of nitro benzene ring substituents is 1. The summed E-state index contributed by atoms with van der Waals surface area (Å²) in [6, 6.07) is 9.14. The molecular formula is C14H8ClN3O3S. The van der Waals surface area contributed by atoms with Gasteiger partial charge in [-0.15, -0.1) is 11.3 Å². The van der Waals surface area contributed by atoms with Gasteiger partial charge in [-0.2, -0.15) is 0 Å². The highest BCUT2D eigenvalue weighted by atomic mass is 35.5. The highest BCUT2D eigenvalue weighted by molar-refractivity contribution is 7.16. The lowest BCUT2D eigenvalue weighted by Gasteiger charge is -2.07. The van der Waals surface area contributed by atoms with Crippen molar-refractivity contribution in [2.75, 3.05) is 5.32 Å². The van der Waals surface area contributed by atoms with Crippen molar-refractivity contribution in [3.05, 3.63) is 62.6 Å². The lowest BCUT2D eigenvalue weighted by atomic mass is 10.1. The molecule has 22 heavy (non-hydrogen) atoms. The van der Waals surface area contributed by atoms with E-state index in [-0.39, 0.29) is 16.3 Å². The Hall–Kier alpha value is -2.51. The summed E-state index contributed by atoms with van der Waals surface area (Å²) in [6.07, 6.45) is 0. The van der Waals surface area contributed by atoms with Crippen LogP contribution >= 0.6 is 22.9 Å². The van der Waals surface area contributed by atoms with Crippen LogP contribution in [0.2, 0.25) is 5.02 Å². The molecule has 8 heteroatoms. The minimum absolute atomic E-state index is 0.0445. The van der Waals surface area contributed by atoms with E-state index < -0.39 is 10.8 Å². The zero-order valence-electron chi connectivity index (χ0n) is 10.9. The number of carbonyl (C=O) groups excluding carboxylic acids is 1. The Kier molecular flexibility index (Phi) is 3.74. The summed E-state index contributed by atoms with van der Waals surface area (Å²) in [5, 5.41) is 13.6. The maximum Gasteiger partial charge on any atom is 0.270 e. The van der Waals surface area contributed by atoms with E-state index in [0.717, 1.165) is 10.8 Å². The maximum atomic E-state index is 12.3. The molecule has 0 fully saturated rings. The standard InChI is InChI=1S/C14H8ClN3O3S/c15-10-5-4-8(18(20)21)6-9(10)14(19)17-11-2-1-3-12-13(11)16-7-22-12/h1-7H,(H,17,19). The van der Waals surface area contributed by atoms with Gasteiger partial charge < -0.3 is 5.32 Å². The third-order valence-electron chi connectivity index (χ3n) is 3.01. The van der Waals surface area contributed by atoms with Crippen LogP contribution < -0.4 is 5.32 Å². The van der Waals surface area contributed by atoms with Crippen molar-refractivity contribution >= 4 is 50.4 Å². The summed E-state index contributed by atoms with van der Waals surface area (Å²) in [6.45, 7) is 0. The maximum absolute atomic E-state index is 12.3. The van der Waals surface area contributed by atoms with Crippen LogP contribution in [0.5, 0.6) is 0 Å². The molecule has 0 spiro atoms. The van der Waals surface area contributed by atoms with Crippen LogP contribution in [0.4, 0.5) is 11.4 Å². The number of amides is 1. The zero-order chi connectivity index (χ0) is 15.7. The first-order chi connectivity index (χ1) is 10.6. The van der Waals surface area contributed by atoms with Crippen LogP contribution in [-0.2, 0) is 0 Å². The predicted molar refractivity (Wildman–Crippen MR) is 85.7 cm³/mol. The third-order valence-corrected chi connectivity index (χ3v) is 4.14. The summed E-state index contributed by atoms with van der Waals surface area (Å²) >= 11 is 7.42. The molecule has 0 saturated heterocycles. The Morgan fingerprint density at radius 3 is 2.91 bits per heavy atom. The number of non-ortho nitro benzene ring substituents is 1. The molecule has 1 aromatic heterocycles. The van der Waals surface area contributed by atoms with Crippen LogP contribution in [-0.4, -0.2) is 15.8 Å². The van der Waals surface area contributed by atoms with E-state index in [1.807, 2.05) is 6.07 Å². The predicted octanol–water partition coefficient (Wildman–Crippen LogP) is 4.11. The molecule has 0 radical (unpaired) electrons. The summed E-state index contributed by atoms with van der Waals surface area (Å²) in [5.74, 6) is -0.519. The number of anilines is 1. The van der Waals surface area contributed by atoms with Crippen LogP contribution in [0.1, 0.15) is 10.4 Å². The number of para-hydroxylation sites is 1. The molecule has 0 saturated carbocycles. The van der Waals surface area contributed by atoms with Gasteiger partial charge in [-0.25, -0.2) is 4.98 Å². The molecule has 0 aliphatic carbocycles. The van der Waals surface area contributed by atoms with Crippen LogP contribution in [0.25, 0.3) is 10.2 Å². The molecular weight excluding hydrogens is 326 g/mol. The SMILES string of the molecule is O=C(Nc1cccc2scnc12)c1cc([N+](=O)[O-])ccc1Cl. The average Bonchev–Trinajstić information content (AvgIpc) is 2.97. The topological polar surface area (TPSA) is 85.1 Å². The number of rotatable bonds is 3. The first kappa shape index (κ1) is 14.4. The normalized spacial score (nSPS) is 10.6. The molecule has 3 rings (SSSR count). The van der Waals surface area contributed by atoms with E-state index in [1.54, 1.807) is 17.6 Å². The van der Waals surface area contributed by atoms with Gasteiger partial charge in [-0.1, -0.05) is 17.7 Å². The fourth-order valence-corrected chi connectivity index (χ4v) is 2.88. The number of hydrogen-bond acceptors (Lipinski definition) is 5. The molecule has 0 aliphatic heterocycles. The smallest absolute Gasteiger partial charge is 0.270 e. The molecule has 1 amide bonds. The van der Waals surface area contributed by atoms with Crippen molar-refractivity contribution in [2.24, 2.45) is 0 Å². The fourth-order valence-electron chi connectivity index (χ4n) is 1.98. The second kappa shape index (κ2) is 5.70. The van der Waals surface area contributed by atoms with Crippen molar-refractivity contribution in [2.45, 2.75) is 0 Å².